The molecule has 0 saturated heterocycles. The van der Waals surface area contributed by atoms with Gasteiger partial charge in [-0.25, -0.2) is 4.98 Å². The molecule has 1 atom stereocenters. The average Bonchev–Trinajstić information content (AvgIpc) is 2.77. The molecule has 0 aliphatic rings. The molecule has 2 heterocycles. The Labute approximate surface area is 112 Å². The van der Waals surface area contributed by atoms with E-state index in [-0.39, 0.29) is 6.04 Å². The molecule has 0 spiro atoms. The summed E-state index contributed by atoms with van der Waals surface area (Å²) in [5.74, 6) is 0.550. The summed E-state index contributed by atoms with van der Waals surface area (Å²) in [6.45, 7) is 0. The topological polar surface area (TPSA) is 47.0 Å². The first-order valence-corrected chi connectivity index (χ1v) is 6.69. The summed E-state index contributed by atoms with van der Waals surface area (Å²) in [4.78, 5) is 8.51. The van der Waals surface area contributed by atoms with Crippen molar-refractivity contribution in [3.8, 4) is 5.88 Å². The van der Waals surface area contributed by atoms with Crippen molar-refractivity contribution in [1.82, 2.24) is 15.3 Å². The Balaban J connectivity index is 2.41. The summed E-state index contributed by atoms with van der Waals surface area (Å²) in [5.41, 5.74) is 1.94. The SMILES string of the molecule is CNC(c1csc(Br)c1)c1nccnc1OC. The Morgan fingerprint density at radius 1 is 1.41 bits per heavy atom. The molecule has 0 aromatic carbocycles. The van der Waals surface area contributed by atoms with Gasteiger partial charge < -0.3 is 10.1 Å². The van der Waals surface area contributed by atoms with Gasteiger partial charge in [0.2, 0.25) is 5.88 Å². The lowest BCUT2D eigenvalue weighted by Crippen LogP contribution is -2.19. The minimum Gasteiger partial charge on any atom is -0.480 e. The molecule has 0 radical (unpaired) electrons. The van der Waals surface area contributed by atoms with Gasteiger partial charge in [0.15, 0.2) is 0 Å². The molecule has 1 unspecified atom stereocenters. The molecule has 2 rings (SSSR count). The third-order valence-electron chi connectivity index (χ3n) is 2.37. The normalized spacial score (nSPS) is 12.4. The van der Waals surface area contributed by atoms with Gasteiger partial charge in [0.05, 0.1) is 16.9 Å². The second-order valence-corrected chi connectivity index (χ2v) is 5.65. The van der Waals surface area contributed by atoms with Crippen LogP contribution in [0.5, 0.6) is 5.88 Å². The van der Waals surface area contributed by atoms with E-state index >= 15 is 0 Å². The molecule has 0 fully saturated rings. The number of nitrogens with zero attached hydrogens (tertiary/aromatic N) is 2. The third-order valence-corrected chi connectivity index (χ3v) is 3.89. The highest BCUT2D eigenvalue weighted by molar-refractivity contribution is 9.11. The lowest BCUT2D eigenvalue weighted by Gasteiger charge is -2.16. The van der Waals surface area contributed by atoms with Crippen LogP contribution < -0.4 is 10.1 Å². The van der Waals surface area contributed by atoms with E-state index in [0.717, 1.165) is 15.0 Å². The van der Waals surface area contributed by atoms with Crippen LogP contribution in [-0.4, -0.2) is 24.1 Å². The number of aromatic nitrogens is 2. The number of methoxy groups -OCH3 is 1. The highest BCUT2D eigenvalue weighted by atomic mass is 79.9. The molecule has 4 nitrogen and oxygen atoms in total. The Kier molecular flexibility index (Phi) is 4.09. The van der Waals surface area contributed by atoms with E-state index in [9.17, 15) is 0 Å². The molecule has 0 aliphatic carbocycles. The quantitative estimate of drug-likeness (QED) is 0.942. The van der Waals surface area contributed by atoms with Gasteiger partial charge in [-0.15, -0.1) is 11.3 Å². The molecule has 17 heavy (non-hydrogen) atoms. The molecule has 0 aliphatic heterocycles. The lowest BCUT2D eigenvalue weighted by atomic mass is 10.1. The maximum atomic E-state index is 5.23. The van der Waals surface area contributed by atoms with E-state index in [2.05, 4.69) is 42.7 Å². The van der Waals surface area contributed by atoms with Crippen LogP contribution in [0.3, 0.4) is 0 Å². The fraction of sp³-hybridized carbons (Fsp3) is 0.273. The first-order chi connectivity index (χ1) is 8.26. The first-order valence-electron chi connectivity index (χ1n) is 5.02. The van der Waals surface area contributed by atoms with Crippen molar-refractivity contribution in [2.75, 3.05) is 14.2 Å². The number of hydrogen-bond donors (Lipinski definition) is 1. The van der Waals surface area contributed by atoms with Crippen LogP contribution in [0.15, 0.2) is 27.6 Å². The molecule has 1 N–H and O–H groups in total. The average molecular weight is 314 g/mol. The zero-order chi connectivity index (χ0) is 12.3. The molecule has 0 amide bonds. The predicted octanol–water partition coefficient (Wildman–Crippen LogP) is 2.62. The van der Waals surface area contributed by atoms with Crippen LogP contribution in [0.4, 0.5) is 0 Å². The predicted molar refractivity (Wildman–Crippen MR) is 71.5 cm³/mol. The van der Waals surface area contributed by atoms with Gasteiger partial charge in [-0.05, 0) is 40.0 Å². The fourth-order valence-corrected chi connectivity index (χ4v) is 2.83. The number of rotatable bonds is 4. The largest absolute Gasteiger partial charge is 0.480 e. The van der Waals surface area contributed by atoms with Crippen molar-refractivity contribution in [2.45, 2.75) is 6.04 Å². The molecule has 0 saturated carbocycles. The van der Waals surface area contributed by atoms with Gasteiger partial charge in [0, 0.05) is 12.4 Å². The van der Waals surface area contributed by atoms with Crippen LogP contribution in [0.25, 0.3) is 0 Å². The number of halogens is 1. The van der Waals surface area contributed by atoms with Gasteiger partial charge in [0.1, 0.15) is 5.69 Å². The maximum absolute atomic E-state index is 5.23. The third kappa shape index (κ3) is 2.65. The minimum absolute atomic E-state index is 0.0128. The molecule has 6 heteroatoms. The second kappa shape index (κ2) is 5.57. The summed E-state index contributed by atoms with van der Waals surface area (Å²) < 4.78 is 6.33. The Morgan fingerprint density at radius 2 is 2.18 bits per heavy atom. The zero-order valence-corrected chi connectivity index (χ0v) is 11.9. The summed E-state index contributed by atoms with van der Waals surface area (Å²) in [6.07, 6.45) is 3.29. The monoisotopic (exact) mass is 313 g/mol. The van der Waals surface area contributed by atoms with E-state index in [0.29, 0.717) is 5.88 Å². The first kappa shape index (κ1) is 12.5. The van der Waals surface area contributed by atoms with Crippen molar-refractivity contribution < 1.29 is 4.74 Å². The second-order valence-electron chi connectivity index (χ2n) is 3.36. The Bertz CT molecular complexity index is 503. The van der Waals surface area contributed by atoms with Gasteiger partial charge in [-0.1, -0.05) is 0 Å². The van der Waals surface area contributed by atoms with Gasteiger partial charge >= 0.3 is 0 Å². The molecular weight excluding hydrogens is 302 g/mol. The molecular formula is C11H12BrN3OS. The van der Waals surface area contributed by atoms with Gasteiger partial charge in [-0.3, -0.25) is 4.98 Å². The standard InChI is InChI=1S/C11H12BrN3OS/c1-13-9(7-5-8(12)17-6-7)10-11(16-2)15-4-3-14-10/h3-6,9,13H,1-2H3. The number of nitrogens with one attached hydrogen (secondary N) is 1. The lowest BCUT2D eigenvalue weighted by molar-refractivity contribution is 0.384. The van der Waals surface area contributed by atoms with E-state index in [4.69, 9.17) is 4.74 Å². The minimum atomic E-state index is -0.0128. The summed E-state index contributed by atoms with van der Waals surface area (Å²) in [6, 6.07) is 2.06. The molecule has 2 aromatic rings. The van der Waals surface area contributed by atoms with Crippen molar-refractivity contribution in [1.29, 1.82) is 0 Å². The Hall–Kier alpha value is -0.980. The van der Waals surface area contributed by atoms with Gasteiger partial charge in [0.25, 0.3) is 0 Å². The van der Waals surface area contributed by atoms with E-state index in [1.165, 1.54) is 0 Å². The highest BCUT2D eigenvalue weighted by Gasteiger charge is 2.19. The van der Waals surface area contributed by atoms with E-state index in [1.54, 1.807) is 30.8 Å². The smallest absolute Gasteiger partial charge is 0.237 e. The Morgan fingerprint density at radius 3 is 2.76 bits per heavy atom. The van der Waals surface area contributed by atoms with Crippen molar-refractivity contribution >= 4 is 27.3 Å². The van der Waals surface area contributed by atoms with Crippen LogP contribution in [0, 0.1) is 0 Å². The van der Waals surface area contributed by atoms with Crippen LogP contribution in [0.1, 0.15) is 17.3 Å². The van der Waals surface area contributed by atoms with Crippen molar-refractivity contribution in [3.05, 3.63) is 38.9 Å². The number of ether oxygens (including phenoxy) is 1. The van der Waals surface area contributed by atoms with Crippen molar-refractivity contribution in [3.63, 3.8) is 0 Å². The van der Waals surface area contributed by atoms with E-state index < -0.39 is 0 Å². The van der Waals surface area contributed by atoms with Crippen LogP contribution in [-0.2, 0) is 0 Å². The van der Waals surface area contributed by atoms with Crippen molar-refractivity contribution in [2.24, 2.45) is 0 Å². The summed E-state index contributed by atoms with van der Waals surface area (Å²) in [7, 11) is 3.49. The molecule has 90 valence electrons. The number of hydrogen-bond acceptors (Lipinski definition) is 5. The summed E-state index contributed by atoms with van der Waals surface area (Å²) >= 11 is 5.11. The van der Waals surface area contributed by atoms with E-state index in [1.807, 2.05) is 7.05 Å². The number of thiophene rings is 1. The molecule has 0 bridgehead atoms. The highest BCUT2D eigenvalue weighted by Crippen LogP contribution is 2.31. The fourth-order valence-electron chi connectivity index (χ4n) is 1.63. The molecule has 2 aromatic heterocycles. The van der Waals surface area contributed by atoms with Crippen LogP contribution in [0.2, 0.25) is 0 Å². The van der Waals surface area contributed by atoms with Crippen LogP contribution >= 0.6 is 27.3 Å². The maximum Gasteiger partial charge on any atom is 0.237 e. The summed E-state index contributed by atoms with van der Waals surface area (Å²) in [5, 5.41) is 5.31. The zero-order valence-electron chi connectivity index (χ0n) is 9.48. The van der Waals surface area contributed by atoms with Gasteiger partial charge in [-0.2, -0.15) is 0 Å².